The highest BCUT2D eigenvalue weighted by atomic mass is 79.9. The summed E-state index contributed by atoms with van der Waals surface area (Å²) in [5.74, 6) is -0.943. The van der Waals surface area contributed by atoms with Crippen LogP contribution in [0.2, 0.25) is 0 Å². The average Bonchev–Trinajstić information content (AvgIpc) is 2.47. The number of carbonyl (C=O) groups is 1. The molecule has 0 saturated carbocycles. The van der Waals surface area contributed by atoms with E-state index in [1.807, 2.05) is 36.4 Å². The van der Waals surface area contributed by atoms with Gasteiger partial charge in [-0.25, -0.2) is 4.79 Å². The Bertz CT molecular complexity index is 814. The van der Waals surface area contributed by atoms with Crippen molar-refractivity contribution in [3.8, 4) is 11.1 Å². The molecule has 0 bridgehead atoms. The third kappa shape index (κ3) is 2.30. The second-order valence-corrected chi connectivity index (χ2v) is 5.26. The van der Waals surface area contributed by atoms with E-state index in [-0.39, 0.29) is 5.56 Å². The molecule has 3 rings (SSSR count). The van der Waals surface area contributed by atoms with Crippen LogP contribution < -0.4 is 0 Å². The number of benzene rings is 2. The van der Waals surface area contributed by atoms with Gasteiger partial charge >= 0.3 is 5.97 Å². The van der Waals surface area contributed by atoms with E-state index in [4.69, 9.17) is 5.11 Å². The van der Waals surface area contributed by atoms with E-state index < -0.39 is 5.97 Å². The maximum atomic E-state index is 11.2. The fourth-order valence-corrected chi connectivity index (χ4v) is 2.54. The second kappa shape index (κ2) is 5.06. The molecule has 2 aromatic carbocycles. The normalized spacial score (nSPS) is 10.7. The molecule has 1 N–H and O–H groups in total. The van der Waals surface area contributed by atoms with E-state index in [1.54, 1.807) is 18.3 Å². The Morgan fingerprint density at radius 1 is 1.05 bits per heavy atom. The summed E-state index contributed by atoms with van der Waals surface area (Å²) < 4.78 is 0.580. The summed E-state index contributed by atoms with van der Waals surface area (Å²) in [6.45, 7) is 0. The van der Waals surface area contributed by atoms with Gasteiger partial charge in [-0.2, -0.15) is 0 Å². The highest BCUT2D eigenvalue weighted by Crippen LogP contribution is 2.27. The zero-order valence-corrected chi connectivity index (χ0v) is 12.0. The van der Waals surface area contributed by atoms with Gasteiger partial charge in [0.2, 0.25) is 0 Å². The Balaban J connectivity index is 2.15. The number of rotatable bonds is 2. The summed E-state index contributed by atoms with van der Waals surface area (Å²) in [6.07, 6.45) is 1.75. The van der Waals surface area contributed by atoms with Crippen LogP contribution in [0.3, 0.4) is 0 Å². The number of pyridine rings is 1. The maximum Gasteiger partial charge on any atom is 0.336 e. The molecule has 20 heavy (non-hydrogen) atoms. The Morgan fingerprint density at radius 3 is 2.60 bits per heavy atom. The van der Waals surface area contributed by atoms with E-state index in [9.17, 15) is 4.79 Å². The Hall–Kier alpha value is -2.20. The van der Waals surface area contributed by atoms with Gasteiger partial charge in [-0.05, 0) is 57.4 Å². The molecule has 0 amide bonds. The average molecular weight is 328 g/mol. The highest BCUT2D eigenvalue weighted by molar-refractivity contribution is 9.10. The molecule has 1 aromatic heterocycles. The minimum absolute atomic E-state index is 0.258. The molecule has 1 heterocycles. The van der Waals surface area contributed by atoms with Crippen molar-refractivity contribution < 1.29 is 9.90 Å². The first-order valence-corrected chi connectivity index (χ1v) is 6.82. The zero-order chi connectivity index (χ0) is 14.1. The topological polar surface area (TPSA) is 50.2 Å². The van der Waals surface area contributed by atoms with Gasteiger partial charge in [-0.1, -0.05) is 18.2 Å². The van der Waals surface area contributed by atoms with Gasteiger partial charge in [0.05, 0.1) is 11.1 Å². The van der Waals surface area contributed by atoms with Gasteiger partial charge in [-0.3, -0.25) is 4.98 Å². The van der Waals surface area contributed by atoms with Crippen molar-refractivity contribution in [2.24, 2.45) is 0 Å². The second-order valence-electron chi connectivity index (χ2n) is 4.41. The maximum absolute atomic E-state index is 11.2. The predicted octanol–water partition coefficient (Wildman–Crippen LogP) is 4.36. The molecule has 0 aliphatic rings. The van der Waals surface area contributed by atoms with Crippen LogP contribution in [-0.2, 0) is 0 Å². The van der Waals surface area contributed by atoms with Crippen LogP contribution in [0.1, 0.15) is 10.4 Å². The van der Waals surface area contributed by atoms with E-state index >= 15 is 0 Å². The SMILES string of the molecule is O=C(O)c1cc(-c2ccc3ncccc3c2)ccc1Br. The van der Waals surface area contributed by atoms with E-state index in [1.165, 1.54) is 0 Å². The molecule has 0 atom stereocenters. The number of carboxylic acid groups (broad SMARTS) is 1. The number of hydrogen-bond acceptors (Lipinski definition) is 2. The summed E-state index contributed by atoms with van der Waals surface area (Å²) >= 11 is 3.25. The molecular weight excluding hydrogens is 318 g/mol. The van der Waals surface area contributed by atoms with Crippen LogP contribution in [0.5, 0.6) is 0 Å². The van der Waals surface area contributed by atoms with E-state index in [0.29, 0.717) is 4.47 Å². The molecule has 0 aliphatic heterocycles. The van der Waals surface area contributed by atoms with Crippen molar-refractivity contribution in [2.45, 2.75) is 0 Å². The van der Waals surface area contributed by atoms with Gasteiger partial charge in [0, 0.05) is 16.1 Å². The van der Waals surface area contributed by atoms with Crippen molar-refractivity contribution in [1.82, 2.24) is 4.98 Å². The number of fused-ring (bicyclic) bond motifs is 1. The van der Waals surface area contributed by atoms with Crippen molar-refractivity contribution in [3.05, 3.63) is 64.8 Å². The lowest BCUT2D eigenvalue weighted by atomic mass is 10.0. The quantitative estimate of drug-likeness (QED) is 0.760. The summed E-state index contributed by atoms with van der Waals surface area (Å²) in [7, 11) is 0. The van der Waals surface area contributed by atoms with Crippen LogP contribution in [0.15, 0.2) is 59.2 Å². The standard InChI is InChI=1S/C16H10BrNO2/c17-14-5-3-11(9-13(14)16(19)20)10-4-6-15-12(8-10)2-1-7-18-15/h1-9H,(H,19,20). The van der Waals surface area contributed by atoms with Gasteiger partial charge in [0.1, 0.15) is 0 Å². The molecule has 3 nitrogen and oxygen atoms in total. The first-order chi connectivity index (χ1) is 9.65. The monoisotopic (exact) mass is 327 g/mol. The fourth-order valence-electron chi connectivity index (χ4n) is 2.12. The number of nitrogens with zero attached hydrogens (tertiary/aromatic N) is 1. The lowest BCUT2D eigenvalue weighted by molar-refractivity contribution is 0.0696. The van der Waals surface area contributed by atoms with E-state index in [2.05, 4.69) is 20.9 Å². The summed E-state index contributed by atoms with van der Waals surface area (Å²) in [5, 5.41) is 10.2. The third-order valence-electron chi connectivity index (χ3n) is 3.13. The number of carboxylic acids is 1. The molecule has 0 aliphatic carbocycles. The molecule has 0 radical (unpaired) electrons. The summed E-state index contributed by atoms with van der Waals surface area (Å²) in [6, 6.07) is 15.1. The van der Waals surface area contributed by atoms with Crippen LogP contribution in [-0.4, -0.2) is 16.1 Å². The van der Waals surface area contributed by atoms with Gasteiger partial charge in [0.25, 0.3) is 0 Å². The minimum Gasteiger partial charge on any atom is -0.478 e. The van der Waals surface area contributed by atoms with Crippen molar-refractivity contribution >= 4 is 32.8 Å². The molecule has 0 unspecified atom stereocenters. The molecule has 98 valence electrons. The van der Waals surface area contributed by atoms with Gasteiger partial charge in [0.15, 0.2) is 0 Å². The van der Waals surface area contributed by atoms with Crippen LogP contribution >= 0.6 is 15.9 Å². The molecular formula is C16H10BrNO2. The Labute approximate surface area is 124 Å². The predicted molar refractivity (Wildman–Crippen MR) is 81.8 cm³/mol. The number of aromatic carboxylic acids is 1. The first-order valence-electron chi connectivity index (χ1n) is 6.03. The van der Waals surface area contributed by atoms with Crippen molar-refractivity contribution in [3.63, 3.8) is 0 Å². The number of hydrogen-bond donors (Lipinski definition) is 1. The minimum atomic E-state index is -0.943. The Morgan fingerprint density at radius 2 is 1.80 bits per heavy atom. The summed E-state index contributed by atoms with van der Waals surface area (Å²) in [5.41, 5.74) is 3.03. The first kappa shape index (κ1) is 12.8. The van der Waals surface area contributed by atoms with Crippen LogP contribution in [0, 0.1) is 0 Å². The zero-order valence-electron chi connectivity index (χ0n) is 10.4. The lowest BCUT2D eigenvalue weighted by Crippen LogP contribution is -1.97. The molecule has 0 saturated heterocycles. The fraction of sp³-hybridized carbons (Fsp3) is 0. The van der Waals surface area contributed by atoms with Crippen LogP contribution in [0.25, 0.3) is 22.0 Å². The Kier molecular flexibility index (Phi) is 3.24. The largest absolute Gasteiger partial charge is 0.478 e. The number of halogens is 1. The highest BCUT2D eigenvalue weighted by Gasteiger charge is 2.10. The number of aromatic nitrogens is 1. The van der Waals surface area contributed by atoms with Crippen molar-refractivity contribution in [2.75, 3.05) is 0 Å². The van der Waals surface area contributed by atoms with Gasteiger partial charge < -0.3 is 5.11 Å². The molecule has 4 heteroatoms. The van der Waals surface area contributed by atoms with Crippen molar-refractivity contribution in [1.29, 1.82) is 0 Å². The van der Waals surface area contributed by atoms with Crippen LogP contribution in [0.4, 0.5) is 0 Å². The van der Waals surface area contributed by atoms with E-state index in [0.717, 1.165) is 22.0 Å². The smallest absolute Gasteiger partial charge is 0.336 e. The molecule has 3 aromatic rings. The van der Waals surface area contributed by atoms with Gasteiger partial charge in [-0.15, -0.1) is 0 Å². The lowest BCUT2D eigenvalue weighted by Gasteiger charge is -2.06. The molecule has 0 fully saturated rings. The third-order valence-corrected chi connectivity index (χ3v) is 3.82. The molecule has 0 spiro atoms. The summed E-state index contributed by atoms with van der Waals surface area (Å²) in [4.78, 5) is 15.5.